The number of urea groups is 1. The standard InChI is InChI=1S/C27H32ClFN4O2/c1-2-32(12-13-34)10-11-33(26(35)31-22-6-7-25(29)24(28)16-22)23-8-9-27(17-21(27)15-23)20-5-3-4-19(14-20)18-30/h3-7,14,16,21,23,34H,2,8-13,15,17H2,1H3,(H,31,35)/t21?,23-,27-/m1/s1. The van der Waals surface area contributed by atoms with E-state index in [1.807, 2.05) is 30.0 Å². The van der Waals surface area contributed by atoms with Crippen molar-refractivity contribution in [1.82, 2.24) is 9.80 Å². The van der Waals surface area contributed by atoms with Gasteiger partial charge in [0.1, 0.15) is 5.82 Å². The molecule has 0 aromatic heterocycles. The fourth-order valence-electron chi connectivity index (χ4n) is 5.58. The number of carbonyl (C=O) groups excluding carboxylic acids is 1. The molecule has 8 heteroatoms. The van der Waals surface area contributed by atoms with Gasteiger partial charge >= 0.3 is 6.03 Å². The molecule has 4 rings (SSSR count). The van der Waals surface area contributed by atoms with Gasteiger partial charge < -0.3 is 15.3 Å². The number of likely N-dealkylation sites (N-methyl/N-ethyl adjacent to an activating group) is 1. The third-order valence-electron chi connectivity index (χ3n) is 7.67. The maximum atomic E-state index is 13.6. The number of hydrogen-bond donors (Lipinski definition) is 2. The van der Waals surface area contributed by atoms with Gasteiger partial charge in [-0.2, -0.15) is 5.26 Å². The van der Waals surface area contributed by atoms with Gasteiger partial charge in [0, 0.05) is 31.4 Å². The maximum absolute atomic E-state index is 13.6. The number of nitrogens with one attached hydrogen (secondary N) is 1. The number of halogens is 2. The van der Waals surface area contributed by atoms with Crippen LogP contribution in [0, 0.1) is 23.1 Å². The highest BCUT2D eigenvalue weighted by Gasteiger charge is 2.58. The molecule has 1 unspecified atom stereocenters. The lowest BCUT2D eigenvalue weighted by atomic mass is 9.80. The molecule has 2 N–H and O–H groups in total. The van der Waals surface area contributed by atoms with E-state index in [1.54, 1.807) is 0 Å². The molecule has 2 aromatic carbocycles. The summed E-state index contributed by atoms with van der Waals surface area (Å²) in [5.41, 5.74) is 2.49. The fourth-order valence-corrected chi connectivity index (χ4v) is 5.76. The number of amides is 2. The van der Waals surface area contributed by atoms with Crippen LogP contribution in [0.4, 0.5) is 14.9 Å². The summed E-state index contributed by atoms with van der Waals surface area (Å²) in [6, 6.07) is 14.2. The van der Waals surface area contributed by atoms with Gasteiger partial charge in [-0.05, 0) is 79.5 Å². The van der Waals surface area contributed by atoms with E-state index in [0.717, 1.165) is 32.2 Å². The minimum absolute atomic E-state index is 0.0329. The van der Waals surface area contributed by atoms with Crippen molar-refractivity contribution < 1.29 is 14.3 Å². The normalized spacial score (nSPS) is 22.9. The summed E-state index contributed by atoms with van der Waals surface area (Å²) in [5, 5.41) is 21.5. The van der Waals surface area contributed by atoms with Gasteiger partial charge in [0.05, 0.1) is 23.3 Å². The Morgan fingerprint density at radius 3 is 2.80 bits per heavy atom. The highest BCUT2D eigenvalue weighted by Crippen LogP contribution is 2.62. The Kier molecular flexibility index (Phi) is 7.95. The summed E-state index contributed by atoms with van der Waals surface area (Å²) in [6.07, 6.45) is 3.82. The summed E-state index contributed by atoms with van der Waals surface area (Å²) < 4.78 is 13.6. The highest BCUT2D eigenvalue weighted by molar-refractivity contribution is 6.31. The predicted octanol–water partition coefficient (Wildman–Crippen LogP) is 5.01. The van der Waals surface area contributed by atoms with Crippen LogP contribution in [0.2, 0.25) is 5.02 Å². The van der Waals surface area contributed by atoms with Crippen LogP contribution in [-0.4, -0.2) is 59.8 Å². The van der Waals surface area contributed by atoms with Crippen molar-refractivity contribution in [3.8, 4) is 6.07 Å². The summed E-state index contributed by atoms with van der Waals surface area (Å²) in [6.45, 7) is 4.65. The molecule has 2 aliphatic rings. The first-order valence-electron chi connectivity index (χ1n) is 12.3. The molecule has 2 aromatic rings. The number of nitriles is 1. The van der Waals surface area contributed by atoms with Crippen molar-refractivity contribution in [3.63, 3.8) is 0 Å². The van der Waals surface area contributed by atoms with Crippen LogP contribution in [-0.2, 0) is 5.41 Å². The molecule has 2 aliphatic carbocycles. The van der Waals surface area contributed by atoms with E-state index in [9.17, 15) is 19.6 Å². The molecule has 35 heavy (non-hydrogen) atoms. The first-order valence-corrected chi connectivity index (χ1v) is 12.6. The first kappa shape index (κ1) is 25.4. The summed E-state index contributed by atoms with van der Waals surface area (Å²) in [7, 11) is 0. The lowest BCUT2D eigenvalue weighted by Crippen LogP contribution is -2.48. The minimum atomic E-state index is -0.526. The molecular weight excluding hydrogens is 467 g/mol. The van der Waals surface area contributed by atoms with Gasteiger partial charge in [0.2, 0.25) is 0 Å². The Morgan fingerprint density at radius 2 is 2.11 bits per heavy atom. The SMILES string of the molecule is CCN(CCO)CCN(C(=O)Nc1ccc(F)c(Cl)c1)[C@@H]1CC[C@]2(c3cccc(C#N)c3)CC2C1. The number of carbonyl (C=O) groups is 1. The van der Waals surface area contributed by atoms with Gasteiger partial charge in [0.25, 0.3) is 0 Å². The highest BCUT2D eigenvalue weighted by atomic mass is 35.5. The van der Waals surface area contributed by atoms with Crippen LogP contribution in [0.5, 0.6) is 0 Å². The molecule has 6 nitrogen and oxygen atoms in total. The van der Waals surface area contributed by atoms with E-state index in [0.29, 0.717) is 36.8 Å². The van der Waals surface area contributed by atoms with E-state index >= 15 is 0 Å². The molecule has 2 amide bonds. The van der Waals surface area contributed by atoms with Crippen LogP contribution in [0.3, 0.4) is 0 Å². The molecule has 0 bridgehead atoms. The van der Waals surface area contributed by atoms with Gasteiger partial charge in [-0.1, -0.05) is 30.7 Å². The molecule has 3 atom stereocenters. The lowest BCUT2D eigenvalue weighted by molar-refractivity contribution is 0.138. The third-order valence-corrected chi connectivity index (χ3v) is 7.96. The second kappa shape index (κ2) is 10.9. The van der Waals surface area contributed by atoms with Crippen molar-refractivity contribution in [2.45, 2.75) is 44.1 Å². The van der Waals surface area contributed by atoms with Crippen LogP contribution < -0.4 is 5.32 Å². The van der Waals surface area contributed by atoms with Gasteiger partial charge in [-0.3, -0.25) is 4.90 Å². The minimum Gasteiger partial charge on any atom is -0.395 e. The molecule has 2 saturated carbocycles. The largest absolute Gasteiger partial charge is 0.395 e. The molecule has 0 heterocycles. The monoisotopic (exact) mass is 498 g/mol. The van der Waals surface area contributed by atoms with E-state index in [-0.39, 0.29) is 29.1 Å². The van der Waals surface area contributed by atoms with Crippen LogP contribution in [0.1, 0.15) is 43.7 Å². The molecule has 0 radical (unpaired) electrons. The van der Waals surface area contributed by atoms with Crippen LogP contribution in [0.25, 0.3) is 0 Å². The number of fused-ring (bicyclic) bond motifs is 1. The zero-order valence-corrected chi connectivity index (χ0v) is 20.8. The van der Waals surface area contributed by atoms with E-state index in [2.05, 4.69) is 22.4 Å². The topological polar surface area (TPSA) is 79.6 Å². The number of aliphatic hydroxyl groups excluding tert-OH is 1. The van der Waals surface area contributed by atoms with Crippen molar-refractivity contribution in [3.05, 3.63) is 64.4 Å². The number of aliphatic hydroxyl groups is 1. The zero-order valence-electron chi connectivity index (χ0n) is 20.0. The molecular formula is C27H32ClFN4O2. The predicted molar refractivity (Wildman–Crippen MR) is 135 cm³/mol. The number of hydrogen-bond acceptors (Lipinski definition) is 4. The third kappa shape index (κ3) is 5.61. The molecule has 0 saturated heterocycles. The van der Waals surface area contributed by atoms with Gasteiger partial charge in [-0.25, -0.2) is 9.18 Å². The van der Waals surface area contributed by atoms with Crippen molar-refractivity contribution >= 4 is 23.3 Å². The molecule has 2 fully saturated rings. The second-order valence-corrected chi connectivity index (χ2v) is 10.00. The average molecular weight is 499 g/mol. The Balaban J connectivity index is 1.48. The Hall–Kier alpha value is -2.66. The van der Waals surface area contributed by atoms with Crippen LogP contribution in [0.15, 0.2) is 42.5 Å². The maximum Gasteiger partial charge on any atom is 0.322 e. The quantitative estimate of drug-likeness (QED) is 0.509. The number of benzene rings is 2. The van der Waals surface area contributed by atoms with E-state index in [4.69, 9.17) is 11.6 Å². The summed E-state index contributed by atoms with van der Waals surface area (Å²) in [4.78, 5) is 17.4. The van der Waals surface area contributed by atoms with E-state index < -0.39 is 5.82 Å². The fraction of sp³-hybridized carbons (Fsp3) is 0.481. The Bertz CT molecular complexity index is 1110. The first-order chi connectivity index (χ1) is 16.9. The second-order valence-electron chi connectivity index (χ2n) is 9.59. The summed E-state index contributed by atoms with van der Waals surface area (Å²) in [5.74, 6) is -0.0487. The van der Waals surface area contributed by atoms with Crippen molar-refractivity contribution in [2.24, 2.45) is 5.92 Å². The number of nitrogens with zero attached hydrogens (tertiary/aromatic N) is 3. The lowest BCUT2D eigenvalue weighted by Gasteiger charge is -2.38. The van der Waals surface area contributed by atoms with Gasteiger partial charge in [0.15, 0.2) is 0 Å². The van der Waals surface area contributed by atoms with Crippen molar-refractivity contribution in [1.29, 1.82) is 5.26 Å². The Morgan fingerprint density at radius 1 is 1.29 bits per heavy atom. The number of anilines is 1. The Labute approximate surface area is 211 Å². The number of rotatable bonds is 9. The summed E-state index contributed by atoms with van der Waals surface area (Å²) >= 11 is 5.91. The van der Waals surface area contributed by atoms with E-state index in [1.165, 1.54) is 23.8 Å². The van der Waals surface area contributed by atoms with Gasteiger partial charge in [-0.15, -0.1) is 0 Å². The van der Waals surface area contributed by atoms with Crippen LogP contribution >= 0.6 is 11.6 Å². The molecule has 186 valence electrons. The molecule has 0 aliphatic heterocycles. The molecule has 0 spiro atoms. The zero-order chi connectivity index (χ0) is 25.0. The average Bonchev–Trinajstić information content (AvgIpc) is 3.61. The smallest absolute Gasteiger partial charge is 0.322 e. The van der Waals surface area contributed by atoms with Crippen molar-refractivity contribution in [2.75, 3.05) is 38.1 Å².